The van der Waals surface area contributed by atoms with E-state index in [1.165, 1.54) is 6.42 Å². The standard InChI is InChI=1S/C15H19NO2.ClH/c1-12(14(17)13-8-4-2-5-9-13)15(18)16-10-6-3-7-11-16;/h2,4-5,8-9,12H,3,6-7,10-11H2,1H3;1H. The second kappa shape index (κ2) is 7.29. The zero-order valence-electron chi connectivity index (χ0n) is 11.2. The van der Waals surface area contributed by atoms with Crippen LogP contribution in [0.25, 0.3) is 0 Å². The number of amides is 1. The Bertz CT molecular complexity index is 427. The van der Waals surface area contributed by atoms with Crippen molar-refractivity contribution in [3.8, 4) is 0 Å². The van der Waals surface area contributed by atoms with E-state index >= 15 is 0 Å². The molecule has 1 aromatic rings. The topological polar surface area (TPSA) is 37.4 Å². The molecule has 1 amide bonds. The number of ketones is 1. The van der Waals surface area contributed by atoms with Crippen molar-refractivity contribution in [2.45, 2.75) is 26.2 Å². The third-order valence-corrected chi connectivity index (χ3v) is 3.49. The minimum atomic E-state index is -0.564. The quantitative estimate of drug-likeness (QED) is 0.631. The Morgan fingerprint density at radius 2 is 1.63 bits per heavy atom. The zero-order chi connectivity index (χ0) is 13.0. The van der Waals surface area contributed by atoms with Gasteiger partial charge in [-0.3, -0.25) is 9.59 Å². The van der Waals surface area contributed by atoms with Crippen LogP contribution in [0.15, 0.2) is 30.3 Å². The van der Waals surface area contributed by atoms with Gasteiger partial charge in [0.1, 0.15) is 0 Å². The van der Waals surface area contributed by atoms with E-state index in [-0.39, 0.29) is 24.1 Å². The van der Waals surface area contributed by atoms with Gasteiger partial charge < -0.3 is 4.90 Å². The molecule has 0 bridgehead atoms. The highest BCUT2D eigenvalue weighted by atomic mass is 35.5. The highest BCUT2D eigenvalue weighted by molar-refractivity contribution is 6.09. The summed E-state index contributed by atoms with van der Waals surface area (Å²) in [5, 5.41) is 0. The minimum absolute atomic E-state index is 0. The van der Waals surface area contributed by atoms with Crippen molar-refractivity contribution in [1.82, 2.24) is 4.90 Å². The molecule has 1 saturated heterocycles. The van der Waals surface area contributed by atoms with Crippen LogP contribution >= 0.6 is 12.4 Å². The molecule has 3 nitrogen and oxygen atoms in total. The van der Waals surface area contributed by atoms with Crippen LogP contribution in [0, 0.1) is 5.92 Å². The zero-order valence-corrected chi connectivity index (χ0v) is 12.0. The van der Waals surface area contributed by atoms with Crippen LogP contribution in [0.2, 0.25) is 0 Å². The molecule has 1 unspecified atom stereocenters. The third kappa shape index (κ3) is 3.80. The molecule has 0 N–H and O–H groups in total. The largest absolute Gasteiger partial charge is 0.342 e. The van der Waals surface area contributed by atoms with E-state index in [0.717, 1.165) is 25.9 Å². The first kappa shape index (κ1) is 15.7. The van der Waals surface area contributed by atoms with Crippen LogP contribution in [0.3, 0.4) is 0 Å². The van der Waals surface area contributed by atoms with Crippen LogP contribution < -0.4 is 0 Å². The van der Waals surface area contributed by atoms with Gasteiger partial charge in [0.15, 0.2) is 5.78 Å². The number of likely N-dealkylation sites (tertiary alicyclic amines) is 1. The highest BCUT2D eigenvalue weighted by Crippen LogP contribution is 2.15. The van der Waals surface area contributed by atoms with E-state index in [2.05, 4.69) is 0 Å². The molecular weight excluding hydrogens is 262 g/mol. The lowest BCUT2D eigenvalue weighted by Crippen LogP contribution is -2.41. The van der Waals surface area contributed by atoms with Crippen molar-refractivity contribution >= 4 is 24.1 Å². The molecule has 19 heavy (non-hydrogen) atoms. The maximum absolute atomic E-state index is 12.2. The number of rotatable bonds is 3. The SMILES string of the molecule is CC(C(=O)c1ccccc1)C(=O)N1CCCCC1.Cl. The Kier molecular flexibility index (Phi) is 6.03. The van der Waals surface area contributed by atoms with Gasteiger partial charge >= 0.3 is 0 Å². The maximum Gasteiger partial charge on any atom is 0.233 e. The van der Waals surface area contributed by atoms with Crippen molar-refractivity contribution in [2.75, 3.05) is 13.1 Å². The molecule has 1 atom stereocenters. The Morgan fingerprint density at radius 1 is 1.05 bits per heavy atom. The molecule has 0 saturated carbocycles. The van der Waals surface area contributed by atoms with Gasteiger partial charge in [-0.25, -0.2) is 0 Å². The second-order valence-electron chi connectivity index (χ2n) is 4.84. The summed E-state index contributed by atoms with van der Waals surface area (Å²) >= 11 is 0. The van der Waals surface area contributed by atoms with Crippen LogP contribution in [-0.4, -0.2) is 29.7 Å². The number of piperidine rings is 1. The summed E-state index contributed by atoms with van der Waals surface area (Å²) in [5.74, 6) is -0.666. The number of carbonyl (C=O) groups excluding carboxylic acids is 2. The maximum atomic E-state index is 12.2. The predicted octanol–water partition coefficient (Wildman–Crippen LogP) is 2.94. The fraction of sp³-hybridized carbons (Fsp3) is 0.467. The van der Waals surface area contributed by atoms with Crippen molar-refractivity contribution in [3.63, 3.8) is 0 Å². The number of carbonyl (C=O) groups is 2. The average molecular weight is 282 g/mol. The summed E-state index contributed by atoms with van der Waals surface area (Å²) in [6.45, 7) is 3.31. The van der Waals surface area contributed by atoms with Crippen molar-refractivity contribution in [2.24, 2.45) is 5.92 Å². The first-order chi connectivity index (χ1) is 8.70. The van der Waals surface area contributed by atoms with E-state index in [0.29, 0.717) is 5.56 Å². The second-order valence-corrected chi connectivity index (χ2v) is 4.84. The number of hydrogen-bond donors (Lipinski definition) is 0. The number of hydrogen-bond acceptors (Lipinski definition) is 2. The molecule has 0 aromatic heterocycles. The summed E-state index contributed by atoms with van der Waals surface area (Å²) in [5.41, 5.74) is 0.621. The number of halogens is 1. The van der Waals surface area contributed by atoms with Gasteiger partial charge in [-0.15, -0.1) is 12.4 Å². The van der Waals surface area contributed by atoms with E-state index < -0.39 is 5.92 Å². The average Bonchev–Trinajstić information content (AvgIpc) is 2.47. The molecule has 0 radical (unpaired) electrons. The minimum Gasteiger partial charge on any atom is -0.342 e. The summed E-state index contributed by atoms with van der Waals surface area (Å²) in [6.07, 6.45) is 3.29. The molecule has 1 heterocycles. The normalized spacial score (nSPS) is 16.4. The predicted molar refractivity (Wildman–Crippen MR) is 77.6 cm³/mol. The van der Waals surface area contributed by atoms with E-state index in [1.807, 2.05) is 23.1 Å². The molecule has 0 aliphatic carbocycles. The first-order valence-electron chi connectivity index (χ1n) is 6.58. The Hall–Kier alpha value is -1.35. The fourth-order valence-corrected chi connectivity index (χ4v) is 2.35. The summed E-state index contributed by atoms with van der Waals surface area (Å²) < 4.78 is 0. The lowest BCUT2D eigenvalue weighted by atomic mass is 9.97. The fourth-order valence-electron chi connectivity index (χ4n) is 2.35. The lowest BCUT2D eigenvalue weighted by molar-refractivity contribution is -0.134. The summed E-state index contributed by atoms with van der Waals surface area (Å²) in [4.78, 5) is 26.2. The highest BCUT2D eigenvalue weighted by Gasteiger charge is 2.27. The Labute approximate surface area is 120 Å². The smallest absolute Gasteiger partial charge is 0.233 e. The monoisotopic (exact) mass is 281 g/mol. The van der Waals surface area contributed by atoms with Gasteiger partial charge in [0.25, 0.3) is 0 Å². The molecule has 1 aliphatic rings. The van der Waals surface area contributed by atoms with Gasteiger partial charge in [0, 0.05) is 18.7 Å². The van der Waals surface area contributed by atoms with Crippen molar-refractivity contribution < 1.29 is 9.59 Å². The molecule has 1 fully saturated rings. The Morgan fingerprint density at radius 3 is 2.21 bits per heavy atom. The van der Waals surface area contributed by atoms with Crippen LogP contribution in [0.5, 0.6) is 0 Å². The Balaban J connectivity index is 0.00000180. The van der Waals surface area contributed by atoms with Gasteiger partial charge in [-0.2, -0.15) is 0 Å². The molecular formula is C15H20ClNO2. The van der Waals surface area contributed by atoms with E-state index in [9.17, 15) is 9.59 Å². The third-order valence-electron chi connectivity index (χ3n) is 3.49. The van der Waals surface area contributed by atoms with Gasteiger partial charge in [-0.1, -0.05) is 30.3 Å². The van der Waals surface area contributed by atoms with Crippen molar-refractivity contribution in [1.29, 1.82) is 0 Å². The van der Waals surface area contributed by atoms with E-state index in [1.54, 1.807) is 19.1 Å². The van der Waals surface area contributed by atoms with Crippen LogP contribution in [0.4, 0.5) is 0 Å². The summed E-state index contributed by atoms with van der Waals surface area (Å²) in [6, 6.07) is 9.05. The molecule has 0 spiro atoms. The van der Waals surface area contributed by atoms with Crippen LogP contribution in [-0.2, 0) is 4.79 Å². The number of Topliss-reactive ketones (excluding diaryl/α,β-unsaturated/α-hetero) is 1. The first-order valence-corrected chi connectivity index (χ1v) is 6.58. The number of nitrogens with zero attached hydrogens (tertiary/aromatic N) is 1. The molecule has 1 aliphatic heterocycles. The molecule has 4 heteroatoms. The van der Waals surface area contributed by atoms with Gasteiger partial charge in [-0.05, 0) is 26.2 Å². The lowest BCUT2D eigenvalue weighted by Gasteiger charge is -2.28. The molecule has 104 valence electrons. The van der Waals surface area contributed by atoms with Crippen molar-refractivity contribution in [3.05, 3.63) is 35.9 Å². The molecule has 2 rings (SSSR count). The van der Waals surface area contributed by atoms with Gasteiger partial charge in [0.2, 0.25) is 5.91 Å². The van der Waals surface area contributed by atoms with Crippen LogP contribution in [0.1, 0.15) is 36.5 Å². The van der Waals surface area contributed by atoms with Gasteiger partial charge in [0.05, 0.1) is 5.92 Å². The summed E-state index contributed by atoms with van der Waals surface area (Å²) in [7, 11) is 0. The van der Waals surface area contributed by atoms with E-state index in [4.69, 9.17) is 0 Å². The number of benzene rings is 1. The molecule has 1 aromatic carbocycles.